The minimum atomic E-state index is -0.553. The highest BCUT2D eigenvalue weighted by atomic mass is 32.1. The van der Waals surface area contributed by atoms with E-state index in [-0.39, 0.29) is 22.6 Å². The van der Waals surface area contributed by atoms with E-state index in [1.54, 1.807) is 36.1 Å². The third-order valence-corrected chi connectivity index (χ3v) is 6.22. The van der Waals surface area contributed by atoms with E-state index in [1.807, 2.05) is 20.8 Å². The normalized spacial score (nSPS) is 10.3. The summed E-state index contributed by atoms with van der Waals surface area (Å²) in [5, 5.41) is 6.67. The second kappa shape index (κ2) is 12.3. The number of thiocarbonyl (C=S) groups is 1. The molecule has 0 unspecified atom stereocenters. The molecule has 0 fully saturated rings. The van der Waals surface area contributed by atoms with Gasteiger partial charge >= 0.3 is 11.9 Å². The summed E-state index contributed by atoms with van der Waals surface area (Å²) in [5.41, 5.74) is 1.90. The van der Waals surface area contributed by atoms with Crippen LogP contribution in [0, 0.1) is 6.92 Å². The van der Waals surface area contributed by atoms with Gasteiger partial charge in [0.1, 0.15) is 5.00 Å². The van der Waals surface area contributed by atoms with E-state index in [2.05, 4.69) is 10.6 Å². The van der Waals surface area contributed by atoms with Crippen molar-refractivity contribution in [1.82, 2.24) is 4.90 Å². The lowest BCUT2D eigenvalue weighted by Gasteiger charge is -2.17. The molecule has 10 heteroatoms. The highest BCUT2D eigenvalue weighted by Gasteiger charge is 2.27. The van der Waals surface area contributed by atoms with Gasteiger partial charge in [-0.25, -0.2) is 9.59 Å². The SMILES string of the molecule is CCCOC(=O)c1ccc(NC(=S)Nc2sc(C(=O)N(CC)CC)c(C)c2C(=O)OC)cc1. The van der Waals surface area contributed by atoms with Gasteiger partial charge in [0.2, 0.25) is 0 Å². The van der Waals surface area contributed by atoms with Crippen molar-refractivity contribution in [3.05, 3.63) is 45.8 Å². The first-order valence-corrected chi connectivity index (χ1v) is 11.9. The maximum absolute atomic E-state index is 12.9. The van der Waals surface area contributed by atoms with Gasteiger partial charge in [0.25, 0.3) is 5.91 Å². The molecule has 0 aliphatic carbocycles. The van der Waals surface area contributed by atoms with Crippen molar-refractivity contribution in [3.8, 4) is 0 Å². The third kappa shape index (κ3) is 6.52. The van der Waals surface area contributed by atoms with E-state index in [4.69, 9.17) is 21.7 Å². The highest BCUT2D eigenvalue weighted by Crippen LogP contribution is 2.34. The molecule has 1 amide bonds. The van der Waals surface area contributed by atoms with Crippen molar-refractivity contribution >= 4 is 57.2 Å². The van der Waals surface area contributed by atoms with E-state index in [0.717, 1.165) is 17.8 Å². The Hall–Kier alpha value is -2.98. The van der Waals surface area contributed by atoms with Crippen LogP contribution in [-0.2, 0) is 9.47 Å². The first-order valence-electron chi connectivity index (χ1n) is 10.6. The Labute approximate surface area is 203 Å². The van der Waals surface area contributed by atoms with Gasteiger partial charge < -0.3 is 25.0 Å². The Kier molecular flexibility index (Phi) is 9.80. The number of carbonyl (C=O) groups excluding carboxylic acids is 3. The summed E-state index contributed by atoms with van der Waals surface area (Å²) in [6, 6.07) is 6.68. The first kappa shape index (κ1) is 26.3. The van der Waals surface area contributed by atoms with Crippen molar-refractivity contribution in [2.45, 2.75) is 34.1 Å². The number of hydrogen-bond donors (Lipinski definition) is 2. The molecular weight excluding hydrogens is 462 g/mol. The van der Waals surface area contributed by atoms with E-state index in [9.17, 15) is 14.4 Å². The number of rotatable bonds is 9. The van der Waals surface area contributed by atoms with Crippen LogP contribution in [0.3, 0.4) is 0 Å². The van der Waals surface area contributed by atoms with Gasteiger partial charge in [-0.05, 0) is 69.2 Å². The van der Waals surface area contributed by atoms with Gasteiger partial charge in [-0.1, -0.05) is 6.92 Å². The molecule has 178 valence electrons. The van der Waals surface area contributed by atoms with Crippen LogP contribution in [0.15, 0.2) is 24.3 Å². The maximum atomic E-state index is 12.9. The maximum Gasteiger partial charge on any atom is 0.341 e. The number of anilines is 2. The van der Waals surface area contributed by atoms with Crippen LogP contribution >= 0.6 is 23.6 Å². The van der Waals surface area contributed by atoms with Crippen molar-refractivity contribution < 1.29 is 23.9 Å². The van der Waals surface area contributed by atoms with Crippen LogP contribution in [0.2, 0.25) is 0 Å². The largest absolute Gasteiger partial charge is 0.465 e. The Bertz CT molecular complexity index is 1010. The van der Waals surface area contributed by atoms with Crippen molar-refractivity contribution in [3.63, 3.8) is 0 Å². The number of amides is 1. The minimum Gasteiger partial charge on any atom is -0.465 e. The predicted molar refractivity (Wildman–Crippen MR) is 135 cm³/mol. The molecule has 0 radical (unpaired) electrons. The molecule has 0 spiro atoms. The van der Waals surface area contributed by atoms with Gasteiger partial charge in [-0.2, -0.15) is 0 Å². The second-order valence-corrected chi connectivity index (χ2v) is 8.45. The fourth-order valence-corrected chi connectivity index (χ4v) is 4.49. The van der Waals surface area contributed by atoms with Crippen molar-refractivity contribution in [2.24, 2.45) is 0 Å². The Balaban J connectivity index is 2.21. The number of benzene rings is 1. The summed E-state index contributed by atoms with van der Waals surface area (Å²) < 4.78 is 10.0. The van der Waals surface area contributed by atoms with E-state index >= 15 is 0 Å². The molecule has 0 aliphatic rings. The van der Waals surface area contributed by atoms with E-state index in [0.29, 0.717) is 46.4 Å². The third-order valence-electron chi connectivity index (χ3n) is 4.82. The quantitative estimate of drug-likeness (QED) is 0.385. The number of hydrogen-bond acceptors (Lipinski definition) is 7. The predicted octanol–water partition coefficient (Wildman–Crippen LogP) is 4.70. The molecule has 0 bridgehead atoms. The molecule has 2 rings (SSSR count). The van der Waals surface area contributed by atoms with E-state index in [1.165, 1.54) is 7.11 Å². The van der Waals surface area contributed by atoms with Crippen LogP contribution in [0.1, 0.15) is 63.1 Å². The lowest BCUT2D eigenvalue weighted by Crippen LogP contribution is -2.30. The lowest BCUT2D eigenvalue weighted by molar-refractivity contribution is 0.0504. The average Bonchev–Trinajstić information content (AvgIpc) is 3.13. The molecule has 0 aliphatic heterocycles. The Morgan fingerprint density at radius 3 is 2.21 bits per heavy atom. The van der Waals surface area contributed by atoms with E-state index < -0.39 is 5.97 Å². The van der Waals surface area contributed by atoms with Gasteiger partial charge in [0.05, 0.1) is 29.7 Å². The highest BCUT2D eigenvalue weighted by molar-refractivity contribution is 7.80. The molecule has 1 heterocycles. The standard InChI is InChI=1S/C23H29N3O5S2/c1-6-13-31-21(28)15-9-11-16(12-10-15)24-23(32)25-19-17(22(29)30-5)14(4)18(33-19)20(27)26(7-2)8-3/h9-12H,6-8,13H2,1-5H3,(H2,24,25,32). The number of ether oxygens (including phenoxy) is 2. The number of nitrogens with zero attached hydrogens (tertiary/aromatic N) is 1. The molecule has 1 aromatic carbocycles. The topological polar surface area (TPSA) is 97.0 Å². The van der Waals surface area contributed by atoms with Crippen LogP contribution in [0.5, 0.6) is 0 Å². The smallest absolute Gasteiger partial charge is 0.341 e. The Morgan fingerprint density at radius 2 is 1.67 bits per heavy atom. The molecule has 0 saturated carbocycles. The summed E-state index contributed by atoms with van der Waals surface area (Å²) in [7, 11) is 1.29. The van der Waals surface area contributed by atoms with Gasteiger partial charge in [-0.15, -0.1) is 11.3 Å². The fourth-order valence-electron chi connectivity index (χ4n) is 3.04. The van der Waals surface area contributed by atoms with Crippen LogP contribution in [0.4, 0.5) is 10.7 Å². The number of carbonyl (C=O) groups is 3. The zero-order valence-electron chi connectivity index (χ0n) is 19.4. The summed E-state index contributed by atoms with van der Waals surface area (Å²) in [6.45, 7) is 8.94. The molecule has 8 nitrogen and oxygen atoms in total. The zero-order valence-corrected chi connectivity index (χ0v) is 21.1. The van der Waals surface area contributed by atoms with Crippen LogP contribution < -0.4 is 10.6 Å². The Morgan fingerprint density at radius 1 is 1.03 bits per heavy atom. The van der Waals surface area contributed by atoms with Crippen molar-refractivity contribution in [2.75, 3.05) is 37.4 Å². The number of methoxy groups -OCH3 is 1. The molecule has 33 heavy (non-hydrogen) atoms. The zero-order chi connectivity index (χ0) is 24.5. The lowest BCUT2D eigenvalue weighted by atomic mass is 10.1. The number of nitrogens with one attached hydrogen (secondary N) is 2. The second-order valence-electron chi connectivity index (χ2n) is 7.02. The first-order chi connectivity index (χ1) is 15.8. The minimum absolute atomic E-state index is 0.148. The molecule has 1 aromatic heterocycles. The van der Waals surface area contributed by atoms with Gasteiger partial charge in [-0.3, -0.25) is 4.79 Å². The summed E-state index contributed by atoms with van der Waals surface area (Å²) >= 11 is 6.56. The van der Waals surface area contributed by atoms with Gasteiger partial charge in [0, 0.05) is 18.8 Å². The monoisotopic (exact) mass is 491 g/mol. The van der Waals surface area contributed by atoms with Crippen LogP contribution in [-0.4, -0.2) is 54.7 Å². The summed E-state index contributed by atoms with van der Waals surface area (Å²) in [4.78, 5) is 39.4. The molecule has 2 aromatic rings. The molecular formula is C23H29N3O5S2. The fraction of sp³-hybridized carbons (Fsp3) is 0.391. The van der Waals surface area contributed by atoms with Gasteiger partial charge in [0.15, 0.2) is 5.11 Å². The molecule has 0 saturated heterocycles. The molecule has 0 atom stereocenters. The summed E-state index contributed by atoms with van der Waals surface area (Å²) in [5.74, 6) is -1.08. The van der Waals surface area contributed by atoms with Crippen molar-refractivity contribution in [1.29, 1.82) is 0 Å². The average molecular weight is 492 g/mol. The summed E-state index contributed by atoms with van der Waals surface area (Å²) in [6.07, 6.45) is 0.753. The number of thiophene rings is 1. The van der Waals surface area contributed by atoms with Crippen LogP contribution in [0.25, 0.3) is 0 Å². The molecule has 2 N–H and O–H groups in total. The number of esters is 2.